The zero-order valence-electron chi connectivity index (χ0n) is 19.9. The van der Waals surface area contributed by atoms with Crippen molar-refractivity contribution in [2.24, 2.45) is 0 Å². The molecule has 4 heteroatoms. The maximum Gasteiger partial charge on any atom is 0.256 e. The lowest BCUT2D eigenvalue weighted by Crippen LogP contribution is -2.32. The maximum absolute atomic E-state index is 13.7. The first kappa shape index (κ1) is 22.3. The van der Waals surface area contributed by atoms with Crippen molar-refractivity contribution in [3.05, 3.63) is 107 Å². The lowest BCUT2D eigenvalue weighted by atomic mass is 9.94. The molecule has 1 aliphatic rings. The van der Waals surface area contributed by atoms with Gasteiger partial charge in [-0.1, -0.05) is 74.5 Å². The minimum absolute atomic E-state index is 0.0623. The molecule has 34 heavy (non-hydrogen) atoms. The van der Waals surface area contributed by atoms with Crippen molar-refractivity contribution in [2.75, 3.05) is 11.9 Å². The molecule has 4 nitrogen and oxygen atoms in total. The largest absolute Gasteiger partial charge is 0.322 e. The molecule has 0 aliphatic carbocycles. The van der Waals surface area contributed by atoms with Gasteiger partial charge in [0.1, 0.15) is 0 Å². The molecule has 1 aliphatic heterocycles. The van der Waals surface area contributed by atoms with E-state index in [1.807, 2.05) is 42.5 Å². The van der Waals surface area contributed by atoms with Gasteiger partial charge in [0.25, 0.3) is 5.91 Å². The number of anilines is 1. The van der Waals surface area contributed by atoms with Crippen LogP contribution >= 0.6 is 0 Å². The van der Waals surface area contributed by atoms with Gasteiger partial charge in [-0.2, -0.15) is 0 Å². The fourth-order valence-electron chi connectivity index (χ4n) is 4.81. The van der Waals surface area contributed by atoms with Crippen LogP contribution < -0.4 is 5.32 Å². The predicted molar refractivity (Wildman–Crippen MR) is 139 cm³/mol. The lowest BCUT2D eigenvalue weighted by molar-refractivity contribution is 0.102. The molecule has 0 bridgehead atoms. The molecule has 1 aromatic heterocycles. The third-order valence-corrected chi connectivity index (χ3v) is 6.95. The zero-order valence-corrected chi connectivity index (χ0v) is 19.9. The SMILES string of the molecule is CCC(C)c1ccc(NC(=O)c2c3c(nc4ccccc24)CCN(Cc2ccccc2)C3)cc1. The Morgan fingerprint density at radius 1 is 1.00 bits per heavy atom. The topological polar surface area (TPSA) is 45.2 Å². The fourth-order valence-corrected chi connectivity index (χ4v) is 4.81. The van der Waals surface area contributed by atoms with E-state index in [4.69, 9.17) is 4.98 Å². The van der Waals surface area contributed by atoms with Crippen LogP contribution in [0.15, 0.2) is 78.9 Å². The number of para-hydroxylation sites is 1. The number of hydrogen-bond donors (Lipinski definition) is 1. The summed E-state index contributed by atoms with van der Waals surface area (Å²) in [5.74, 6) is 0.448. The van der Waals surface area contributed by atoms with Crippen molar-refractivity contribution >= 4 is 22.5 Å². The van der Waals surface area contributed by atoms with E-state index < -0.39 is 0 Å². The summed E-state index contributed by atoms with van der Waals surface area (Å²) in [6.07, 6.45) is 1.94. The van der Waals surface area contributed by atoms with E-state index in [0.29, 0.717) is 5.92 Å². The summed E-state index contributed by atoms with van der Waals surface area (Å²) in [4.78, 5) is 21.0. The van der Waals surface area contributed by atoms with Gasteiger partial charge in [0, 0.05) is 48.4 Å². The molecule has 0 saturated heterocycles. The molecule has 1 N–H and O–H groups in total. The van der Waals surface area contributed by atoms with Crippen LogP contribution in [0.5, 0.6) is 0 Å². The summed E-state index contributed by atoms with van der Waals surface area (Å²) >= 11 is 0. The minimum atomic E-state index is -0.0623. The van der Waals surface area contributed by atoms with Crippen LogP contribution in [-0.2, 0) is 19.5 Å². The molecule has 2 heterocycles. The number of amides is 1. The molecule has 1 unspecified atom stereocenters. The van der Waals surface area contributed by atoms with Gasteiger partial charge in [-0.15, -0.1) is 0 Å². The third kappa shape index (κ3) is 4.59. The highest BCUT2D eigenvalue weighted by atomic mass is 16.1. The average molecular weight is 450 g/mol. The number of carbonyl (C=O) groups is 1. The Morgan fingerprint density at radius 2 is 1.74 bits per heavy atom. The van der Waals surface area contributed by atoms with Crippen LogP contribution in [0.4, 0.5) is 5.69 Å². The van der Waals surface area contributed by atoms with Crippen molar-refractivity contribution in [1.82, 2.24) is 9.88 Å². The molecule has 3 aromatic carbocycles. The van der Waals surface area contributed by atoms with Gasteiger partial charge in [0.05, 0.1) is 11.1 Å². The Balaban J connectivity index is 1.47. The number of pyridine rings is 1. The molecule has 1 atom stereocenters. The number of benzene rings is 3. The molecule has 0 radical (unpaired) electrons. The molecule has 0 fully saturated rings. The lowest BCUT2D eigenvalue weighted by Gasteiger charge is -2.30. The second kappa shape index (κ2) is 9.78. The standard InChI is InChI=1S/C30H31N3O/c1-3-21(2)23-13-15-24(16-14-23)31-30(34)29-25-11-7-8-12-27(25)32-28-17-18-33(20-26(28)29)19-22-9-5-4-6-10-22/h4-16,21H,3,17-20H2,1-2H3,(H,31,34). The number of carbonyl (C=O) groups excluding carboxylic acids is 1. The van der Waals surface area contributed by atoms with Crippen molar-refractivity contribution < 1.29 is 4.79 Å². The molecule has 5 rings (SSSR count). The van der Waals surface area contributed by atoms with Gasteiger partial charge in [-0.3, -0.25) is 14.7 Å². The van der Waals surface area contributed by atoms with Crippen molar-refractivity contribution in [2.45, 2.75) is 45.7 Å². The summed E-state index contributed by atoms with van der Waals surface area (Å²) in [7, 11) is 0. The normalized spacial score (nSPS) is 14.5. The first-order valence-electron chi connectivity index (χ1n) is 12.2. The molecular weight excluding hydrogens is 418 g/mol. The molecule has 4 aromatic rings. The quantitative estimate of drug-likeness (QED) is 0.363. The van der Waals surface area contributed by atoms with E-state index in [1.165, 1.54) is 11.1 Å². The first-order valence-corrected chi connectivity index (χ1v) is 12.2. The Morgan fingerprint density at radius 3 is 2.50 bits per heavy atom. The summed E-state index contributed by atoms with van der Waals surface area (Å²) in [5.41, 5.74) is 7.13. The van der Waals surface area contributed by atoms with E-state index in [0.717, 1.165) is 65.9 Å². The smallest absolute Gasteiger partial charge is 0.256 e. The van der Waals surface area contributed by atoms with Gasteiger partial charge in [0.15, 0.2) is 0 Å². The van der Waals surface area contributed by atoms with Crippen LogP contribution in [0, 0.1) is 0 Å². The Hall–Kier alpha value is -3.50. The summed E-state index contributed by atoms with van der Waals surface area (Å²) in [6, 6.07) is 26.8. The Kier molecular flexibility index (Phi) is 6.41. The monoisotopic (exact) mass is 449 g/mol. The van der Waals surface area contributed by atoms with Crippen LogP contribution in [0.2, 0.25) is 0 Å². The van der Waals surface area contributed by atoms with E-state index in [-0.39, 0.29) is 5.91 Å². The highest BCUT2D eigenvalue weighted by Gasteiger charge is 2.26. The number of rotatable bonds is 6. The number of nitrogens with zero attached hydrogens (tertiary/aromatic N) is 2. The number of aromatic nitrogens is 1. The highest BCUT2D eigenvalue weighted by Crippen LogP contribution is 2.30. The van der Waals surface area contributed by atoms with E-state index in [9.17, 15) is 4.79 Å². The molecule has 172 valence electrons. The Labute approximate surface area is 201 Å². The second-order valence-corrected chi connectivity index (χ2v) is 9.26. The minimum Gasteiger partial charge on any atom is -0.322 e. The average Bonchev–Trinajstić information content (AvgIpc) is 2.88. The maximum atomic E-state index is 13.7. The van der Waals surface area contributed by atoms with E-state index >= 15 is 0 Å². The number of hydrogen-bond acceptors (Lipinski definition) is 3. The van der Waals surface area contributed by atoms with Crippen LogP contribution in [-0.4, -0.2) is 22.3 Å². The van der Waals surface area contributed by atoms with Crippen LogP contribution in [0.1, 0.15) is 58.9 Å². The van der Waals surface area contributed by atoms with E-state index in [2.05, 4.69) is 60.5 Å². The van der Waals surface area contributed by atoms with Crippen LogP contribution in [0.25, 0.3) is 10.9 Å². The van der Waals surface area contributed by atoms with Gasteiger partial charge in [-0.05, 0) is 41.7 Å². The van der Waals surface area contributed by atoms with Crippen LogP contribution in [0.3, 0.4) is 0 Å². The summed E-state index contributed by atoms with van der Waals surface area (Å²) < 4.78 is 0. The van der Waals surface area contributed by atoms with Gasteiger partial charge >= 0.3 is 0 Å². The predicted octanol–water partition coefficient (Wildman–Crippen LogP) is 6.56. The van der Waals surface area contributed by atoms with Gasteiger partial charge in [0.2, 0.25) is 0 Å². The first-order chi connectivity index (χ1) is 16.6. The second-order valence-electron chi connectivity index (χ2n) is 9.26. The number of nitrogens with one attached hydrogen (secondary N) is 1. The molecular formula is C30H31N3O. The third-order valence-electron chi connectivity index (χ3n) is 6.95. The Bertz CT molecular complexity index is 1300. The van der Waals surface area contributed by atoms with Crippen molar-refractivity contribution in [3.8, 4) is 0 Å². The fraction of sp³-hybridized carbons (Fsp3) is 0.267. The van der Waals surface area contributed by atoms with Gasteiger partial charge < -0.3 is 5.32 Å². The van der Waals surface area contributed by atoms with Gasteiger partial charge in [-0.25, -0.2) is 0 Å². The molecule has 0 saturated carbocycles. The summed E-state index contributed by atoms with van der Waals surface area (Å²) in [6.45, 7) is 6.94. The highest BCUT2D eigenvalue weighted by molar-refractivity contribution is 6.13. The zero-order chi connectivity index (χ0) is 23.5. The van der Waals surface area contributed by atoms with E-state index in [1.54, 1.807) is 0 Å². The molecule has 1 amide bonds. The van der Waals surface area contributed by atoms with Crippen molar-refractivity contribution in [1.29, 1.82) is 0 Å². The summed E-state index contributed by atoms with van der Waals surface area (Å²) in [5, 5.41) is 4.08. The molecule has 0 spiro atoms. The van der Waals surface area contributed by atoms with Crippen molar-refractivity contribution in [3.63, 3.8) is 0 Å². The number of fused-ring (bicyclic) bond motifs is 2.